The topological polar surface area (TPSA) is 59.6 Å². The number of hydrogen-bond acceptors (Lipinski definition) is 4. The van der Waals surface area contributed by atoms with Crippen LogP contribution in [0.2, 0.25) is 0 Å². The standard InChI is InChI=1S/C14H28N2O3/c1-12(14(17)16-8-5-10-18-2)15-9-7-13-6-3-4-11-19-13/h12-13,15H,3-11H2,1-2H3,(H,16,17). The highest BCUT2D eigenvalue weighted by Gasteiger charge is 2.15. The molecule has 1 aliphatic rings. The third-order valence-corrected chi connectivity index (χ3v) is 3.41. The van der Waals surface area contributed by atoms with Gasteiger partial charge in [-0.15, -0.1) is 0 Å². The predicted octanol–water partition coefficient (Wildman–Crippen LogP) is 1.08. The second-order valence-electron chi connectivity index (χ2n) is 5.09. The molecule has 0 spiro atoms. The molecule has 0 aliphatic carbocycles. The number of carbonyl (C=O) groups is 1. The number of methoxy groups -OCH3 is 1. The average Bonchev–Trinajstić information content (AvgIpc) is 2.44. The fourth-order valence-electron chi connectivity index (χ4n) is 2.17. The molecule has 2 N–H and O–H groups in total. The van der Waals surface area contributed by atoms with E-state index in [1.165, 1.54) is 12.8 Å². The summed E-state index contributed by atoms with van der Waals surface area (Å²) in [6, 6.07) is -0.147. The molecule has 0 aromatic rings. The molecule has 19 heavy (non-hydrogen) atoms. The predicted molar refractivity (Wildman–Crippen MR) is 75.2 cm³/mol. The van der Waals surface area contributed by atoms with Gasteiger partial charge in [-0.05, 0) is 45.6 Å². The van der Waals surface area contributed by atoms with E-state index in [9.17, 15) is 4.79 Å². The summed E-state index contributed by atoms with van der Waals surface area (Å²) in [4.78, 5) is 11.7. The first-order valence-electron chi connectivity index (χ1n) is 7.35. The number of ether oxygens (including phenoxy) is 2. The Kier molecular flexibility index (Phi) is 8.79. The molecule has 0 aromatic heterocycles. The van der Waals surface area contributed by atoms with Gasteiger partial charge in [0.2, 0.25) is 5.91 Å². The van der Waals surface area contributed by atoms with Crippen LogP contribution in [0.3, 0.4) is 0 Å². The Labute approximate surface area is 116 Å². The van der Waals surface area contributed by atoms with Crippen molar-refractivity contribution in [1.29, 1.82) is 0 Å². The Balaban J connectivity index is 2.02. The molecule has 1 heterocycles. The highest BCUT2D eigenvalue weighted by Crippen LogP contribution is 2.14. The van der Waals surface area contributed by atoms with Crippen molar-refractivity contribution in [2.45, 2.75) is 51.2 Å². The van der Waals surface area contributed by atoms with Crippen molar-refractivity contribution in [3.63, 3.8) is 0 Å². The summed E-state index contributed by atoms with van der Waals surface area (Å²) in [7, 11) is 1.67. The van der Waals surface area contributed by atoms with E-state index in [0.29, 0.717) is 19.3 Å². The third-order valence-electron chi connectivity index (χ3n) is 3.41. The fraction of sp³-hybridized carbons (Fsp3) is 0.929. The van der Waals surface area contributed by atoms with Gasteiger partial charge in [0.05, 0.1) is 12.1 Å². The van der Waals surface area contributed by atoms with E-state index in [1.807, 2.05) is 6.92 Å². The summed E-state index contributed by atoms with van der Waals surface area (Å²) < 4.78 is 10.6. The second kappa shape index (κ2) is 10.2. The summed E-state index contributed by atoms with van der Waals surface area (Å²) in [6.45, 7) is 4.97. The first-order valence-corrected chi connectivity index (χ1v) is 7.35. The smallest absolute Gasteiger partial charge is 0.236 e. The molecule has 0 saturated carbocycles. The minimum atomic E-state index is -0.147. The number of carbonyl (C=O) groups excluding carboxylic acids is 1. The molecule has 1 fully saturated rings. The first kappa shape index (κ1) is 16.4. The van der Waals surface area contributed by atoms with E-state index in [4.69, 9.17) is 9.47 Å². The van der Waals surface area contributed by atoms with Crippen molar-refractivity contribution in [3.05, 3.63) is 0 Å². The normalized spacial score (nSPS) is 21.1. The van der Waals surface area contributed by atoms with Gasteiger partial charge in [-0.2, -0.15) is 0 Å². The van der Waals surface area contributed by atoms with E-state index in [2.05, 4.69) is 10.6 Å². The molecule has 1 saturated heterocycles. The zero-order valence-corrected chi connectivity index (χ0v) is 12.2. The lowest BCUT2D eigenvalue weighted by Crippen LogP contribution is -2.43. The number of nitrogens with one attached hydrogen (secondary N) is 2. The second-order valence-corrected chi connectivity index (χ2v) is 5.09. The van der Waals surface area contributed by atoms with Crippen molar-refractivity contribution in [2.75, 3.05) is 33.4 Å². The highest BCUT2D eigenvalue weighted by molar-refractivity contribution is 5.81. The Hall–Kier alpha value is -0.650. The maximum Gasteiger partial charge on any atom is 0.236 e. The lowest BCUT2D eigenvalue weighted by atomic mass is 10.1. The molecule has 1 rings (SSSR count). The van der Waals surface area contributed by atoms with Gasteiger partial charge in [0, 0.05) is 26.9 Å². The van der Waals surface area contributed by atoms with Gasteiger partial charge >= 0.3 is 0 Å². The van der Waals surface area contributed by atoms with E-state index in [1.54, 1.807) is 7.11 Å². The number of amides is 1. The Bertz CT molecular complexity index is 243. The molecule has 0 aromatic carbocycles. The molecule has 5 heteroatoms. The van der Waals surface area contributed by atoms with Gasteiger partial charge in [0.1, 0.15) is 0 Å². The van der Waals surface area contributed by atoms with Crippen molar-refractivity contribution in [2.24, 2.45) is 0 Å². The Morgan fingerprint density at radius 3 is 2.95 bits per heavy atom. The maximum absolute atomic E-state index is 11.7. The van der Waals surface area contributed by atoms with E-state index in [0.717, 1.165) is 32.4 Å². The largest absolute Gasteiger partial charge is 0.385 e. The van der Waals surface area contributed by atoms with Gasteiger partial charge < -0.3 is 20.1 Å². The Morgan fingerprint density at radius 2 is 2.26 bits per heavy atom. The molecule has 1 aliphatic heterocycles. The minimum Gasteiger partial charge on any atom is -0.385 e. The van der Waals surface area contributed by atoms with Crippen molar-refractivity contribution < 1.29 is 14.3 Å². The van der Waals surface area contributed by atoms with Crippen LogP contribution >= 0.6 is 0 Å². The molecule has 1 amide bonds. The van der Waals surface area contributed by atoms with Crippen LogP contribution in [0, 0.1) is 0 Å². The summed E-state index contributed by atoms with van der Waals surface area (Å²) in [5, 5.41) is 6.14. The van der Waals surface area contributed by atoms with Gasteiger partial charge in [-0.25, -0.2) is 0 Å². The molecule has 0 bridgehead atoms. The molecule has 112 valence electrons. The Morgan fingerprint density at radius 1 is 1.42 bits per heavy atom. The fourth-order valence-corrected chi connectivity index (χ4v) is 2.17. The van der Waals surface area contributed by atoms with Gasteiger partial charge in [0.15, 0.2) is 0 Å². The van der Waals surface area contributed by atoms with E-state index in [-0.39, 0.29) is 11.9 Å². The van der Waals surface area contributed by atoms with Crippen LogP contribution in [-0.2, 0) is 14.3 Å². The molecule has 2 unspecified atom stereocenters. The molecule has 2 atom stereocenters. The first-order chi connectivity index (χ1) is 9.24. The van der Waals surface area contributed by atoms with Crippen LogP contribution in [0.4, 0.5) is 0 Å². The van der Waals surface area contributed by atoms with Crippen LogP contribution in [0.15, 0.2) is 0 Å². The lowest BCUT2D eigenvalue weighted by molar-refractivity contribution is -0.122. The van der Waals surface area contributed by atoms with Crippen molar-refractivity contribution >= 4 is 5.91 Å². The van der Waals surface area contributed by atoms with Crippen LogP contribution in [-0.4, -0.2) is 51.5 Å². The van der Waals surface area contributed by atoms with Crippen LogP contribution in [0.1, 0.15) is 39.0 Å². The van der Waals surface area contributed by atoms with Crippen LogP contribution in [0.25, 0.3) is 0 Å². The summed E-state index contributed by atoms with van der Waals surface area (Å²) >= 11 is 0. The number of hydrogen-bond donors (Lipinski definition) is 2. The third kappa shape index (κ3) is 7.50. The van der Waals surface area contributed by atoms with Crippen LogP contribution in [0.5, 0.6) is 0 Å². The van der Waals surface area contributed by atoms with E-state index >= 15 is 0 Å². The van der Waals surface area contributed by atoms with Crippen molar-refractivity contribution in [3.8, 4) is 0 Å². The summed E-state index contributed by atoms with van der Waals surface area (Å²) in [5.74, 6) is 0.0562. The van der Waals surface area contributed by atoms with E-state index < -0.39 is 0 Å². The number of rotatable bonds is 9. The average molecular weight is 272 g/mol. The molecule has 5 nitrogen and oxygen atoms in total. The lowest BCUT2D eigenvalue weighted by Gasteiger charge is -2.23. The molecular formula is C14H28N2O3. The molecular weight excluding hydrogens is 244 g/mol. The van der Waals surface area contributed by atoms with Gasteiger partial charge in [-0.3, -0.25) is 4.79 Å². The minimum absolute atomic E-state index is 0.0562. The molecule has 0 radical (unpaired) electrons. The van der Waals surface area contributed by atoms with Crippen molar-refractivity contribution in [1.82, 2.24) is 10.6 Å². The highest BCUT2D eigenvalue weighted by atomic mass is 16.5. The van der Waals surface area contributed by atoms with Gasteiger partial charge in [0.25, 0.3) is 0 Å². The van der Waals surface area contributed by atoms with Gasteiger partial charge in [-0.1, -0.05) is 0 Å². The maximum atomic E-state index is 11.7. The SMILES string of the molecule is COCCCNC(=O)C(C)NCCC1CCCCO1. The van der Waals surface area contributed by atoms with Crippen LogP contribution < -0.4 is 10.6 Å². The quantitative estimate of drug-likeness (QED) is 0.617. The summed E-state index contributed by atoms with van der Waals surface area (Å²) in [6.07, 6.45) is 5.81. The zero-order chi connectivity index (χ0) is 13.9. The monoisotopic (exact) mass is 272 g/mol. The zero-order valence-electron chi connectivity index (χ0n) is 12.2. The summed E-state index contributed by atoms with van der Waals surface area (Å²) in [5.41, 5.74) is 0.